The molecule has 3 nitrogen and oxygen atoms in total. The molecule has 8 aromatic carbocycles. The highest BCUT2D eigenvalue weighted by molar-refractivity contribution is 6.12. The number of para-hydroxylation sites is 4. The topological polar surface area (TPSA) is 13.1 Å². The standard InChI is InChI=1S/C52H37N3/c1-3-15-40(16-4-1)53(41-17-5-2-6-18-41)42-27-29-43(30-28-42)54-49-21-11-9-19-45(49)47-31-24-39(35-52(47)54)38-25-32-51-48(34-38)46-20-10-12-22-50(46)55(51)44-26-23-36-13-7-8-14-37(36)33-44/h1-29,31-35,43H,30H2. The van der Waals surface area contributed by atoms with E-state index in [4.69, 9.17) is 0 Å². The number of allylic oxidation sites excluding steroid dienone is 3. The van der Waals surface area contributed by atoms with E-state index in [0.29, 0.717) is 0 Å². The average Bonchev–Trinajstić information content (AvgIpc) is 3.77. The van der Waals surface area contributed by atoms with Crippen molar-refractivity contribution in [1.82, 2.24) is 9.13 Å². The second-order valence-electron chi connectivity index (χ2n) is 14.5. The number of nitrogens with zero attached hydrogens (tertiary/aromatic N) is 3. The quantitative estimate of drug-likeness (QED) is 0.168. The number of hydrogen-bond acceptors (Lipinski definition) is 1. The smallest absolute Gasteiger partial charge is 0.0561 e. The largest absolute Gasteiger partial charge is 0.333 e. The Labute approximate surface area is 319 Å². The number of aromatic nitrogens is 2. The molecule has 0 aliphatic heterocycles. The highest BCUT2D eigenvalue weighted by Crippen LogP contribution is 2.41. The van der Waals surface area contributed by atoms with Crippen molar-refractivity contribution in [3.8, 4) is 16.8 Å². The number of anilines is 2. The van der Waals surface area contributed by atoms with Crippen molar-refractivity contribution in [1.29, 1.82) is 0 Å². The molecular formula is C52H37N3. The van der Waals surface area contributed by atoms with E-state index in [0.717, 1.165) is 17.8 Å². The third kappa shape index (κ3) is 5.20. The van der Waals surface area contributed by atoms with Gasteiger partial charge in [0, 0.05) is 49.8 Å². The van der Waals surface area contributed by atoms with Crippen molar-refractivity contribution in [3.63, 3.8) is 0 Å². The summed E-state index contributed by atoms with van der Waals surface area (Å²) in [7, 11) is 0. The van der Waals surface area contributed by atoms with Crippen molar-refractivity contribution in [2.24, 2.45) is 0 Å². The third-order valence-corrected chi connectivity index (χ3v) is 11.4. The minimum Gasteiger partial charge on any atom is -0.333 e. The van der Waals surface area contributed by atoms with Gasteiger partial charge in [-0.25, -0.2) is 0 Å². The zero-order valence-electron chi connectivity index (χ0n) is 30.3. The van der Waals surface area contributed by atoms with Crippen LogP contribution >= 0.6 is 0 Å². The van der Waals surface area contributed by atoms with Crippen LogP contribution in [0, 0.1) is 0 Å². The molecule has 3 heteroatoms. The molecule has 1 aliphatic rings. The fraction of sp³-hybridized carbons (Fsp3) is 0.0385. The van der Waals surface area contributed by atoms with Crippen LogP contribution in [0.2, 0.25) is 0 Å². The molecule has 0 saturated carbocycles. The maximum absolute atomic E-state index is 2.55. The third-order valence-electron chi connectivity index (χ3n) is 11.4. The fourth-order valence-electron chi connectivity index (χ4n) is 8.84. The molecule has 2 heterocycles. The Morgan fingerprint density at radius 2 is 1.04 bits per heavy atom. The molecule has 0 amide bonds. The molecule has 0 N–H and O–H groups in total. The Hall–Kier alpha value is -7.10. The molecule has 1 atom stereocenters. The highest BCUT2D eigenvalue weighted by Gasteiger charge is 2.22. The SMILES string of the molecule is C1=CC(n2c3ccccc3c3ccc(-c4ccc5c(c4)c4ccccc4n5-c4ccc5ccccc5c4)cc32)CC=C1N(c1ccccc1)c1ccccc1. The molecule has 0 spiro atoms. The van der Waals surface area contributed by atoms with Crippen molar-refractivity contribution >= 4 is 65.8 Å². The summed E-state index contributed by atoms with van der Waals surface area (Å²) >= 11 is 0. The normalized spacial score (nSPS) is 14.3. The summed E-state index contributed by atoms with van der Waals surface area (Å²) in [4.78, 5) is 2.35. The van der Waals surface area contributed by atoms with Crippen LogP contribution in [0.4, 0.5) is 11.4 Å². The predicted octanol–water partition coefficient (Wildman–Crippen LogP) is 13.9. The Morgan fingerprint density at radius 3 is 1.78 bits per heavy atom. The van der Waals surface area contributed by atoms with Crippen LogP contribution in [-0.4, -0.2) is 9.13 Å². The maximum Gasteiger partial charge on any atom is 0.0561 e. The lowest BCUT2D eigenvalue weighted by Crippen LogP contribution is -2.18. The second kappa shape index (κ2) is 12.8. The van der Waals surface area contributed by atoms with E-state index < -0.39 is 0 Å². The molecule has 1 aliphatic carbocycles. The van der Waals surface area contributed by atoms with E-state index >= 15 is 0 Å². The molecule has 260 valence electrons. The van der Waals surface area contributed by atoms with Crippen molar-refractivity contribution in [2.75, 3.05) is 4.90 Å². The number of rotatable bonds is 6. The summed E-state index contributed by atoms with van der Waals surface area (Å²) in [5.74, 6) is 0. The van der Waals surface area contributed by atoms with Gasteiger partial charge in [-0.3, -0.25) is 0 Å². The molecule has 10 aromatic rings. The Kier molecular flexibility index (Phi) is 7.31. The molecule has 11 rings (SSSR count). The molecule has 0 radical (unpaired) electrons. The van der Waals surface area contributed by atoms with E-state index in [1.165, 1.54) is 76.9 Å². The monoisotopic (exact) mass is 703 g/mol. The van der Waals surface area contributed by atoms with Crippen LogP contribution in [-0.2, 0) is 0 Å². The second-order valence-corrected chi connectivity index (χ2v) is 14.5. The highest BCUT2D eigenvalue weighted by atomic mass is 15.1. The van der Waals surface area contributed by atoms with Crippen molar-refractivity contribution in [2.45, 2.75) is 12.5 Å². The van der Waals surface area contributed by atoms with E-state index in [1.54, 1.807) is 0 Å². The minimum atomic E-state index is 0.178. The van der Waals surface area contributed by atoms with Gasteiger partial charge in [0.15, 0.2) is 0 Å². The first kappa shape index (κ1) is 31.4. The van der Waals surface area contributed by atoms with Crippen LogP contribution < -0.4 is 4.90 Å². The van der Waals surface area contributed by atoms with E-state index in [-0.39, 0.29) is 6.04 Å². The molecule has 1 unspecified atom stereocenters. The van der Waals surface area contributed by atoms with Crippen molar-refractivity contribution in [3.05, 3.63) is 212 Å². The van der Waals surface area contributed by atoms with Crippen LogP contribution in [0.15, 0.2) is 212 Å². The van der Waals surface area contributed by atoms with E-state index in [1.807, 2.05) is 0 Å². The zero-order chi connectivity index (χ0) is 36.3. The van der Waals surface area contributed by atoms with Gasteiger partial charge in [0.1, 0.15) is 0 Å². The number of fused-ring (bicyclic) bond motifs is 7. The van der Waals surface area contributed by atoms with Gasteiger partial charge in [0.25, 0.3) is 0 Å². The molecule has 2 aromatic heterocycles. The first-order valence-corrected chi connectivity index (χ1v) is 19.1. The van der Waals surface area contributed by atoms with Crippen LogP contribution in [0.3, 0.4) is 0 Å². The lowest BCUT2D eigenvalue weighted by atomic mass is 10.0. The fourth-order valence-corrected chi connectivity index (χ4v) is 8.84. The first-order chi connectivity index (χ1) is 27.3. The van der Waals surface area contributed by atoms with Crippen LogP contribution in [0.1, 0.15) is 12.5 Å². The summed E-state index contributed by atoms with van der Waals surface area (Å²) in [6, 6.07) is 68.6. The van der Waals surface area contributed by atoms with Gasteiger partial charge in [0.05, 0.1) is 22.6 Å². The summed E-state index contributed by atoms with van der Waals surface area (Å²) in [6.45, 7) is 0. The summed E-state index contributed by atoms with van der Waals surface area (Å²) in [6.07, 6.45) is 7.98. The Balaban J connectivity index is 1.01. The predicted molar refractivity (Wildman–Crippen MR) is 233 cm³/mol. The Morgan fingerprint density at radius 1 is 0.436 bits per heavy atom. The van der Waals surface area contributed by atoms with E-state index in [9.17, 15) is 0 Å². The van der Waals surface area contributed by atoms with Gasteiger partial charge in [0.2, 0.25) is 0 Å². The minimum absolute atomic E-state index is 0.178. The summed E-state index contributed by atoms with van der Waals surface area (Å²) in [5, 5.41) is 7.59. The summed E-state index contributed by atoms with van der Waals surface area (Å²) in [5.41, 5.74) is 12.1. The molecule has 55 heavy (non-hydrogen) atoms. The summed E-state index contributed by atoms with van der Waals surface area (Å²) < 4.78 is 4.97. The number of hydrogen-bond donors (Lipinski definition) is 0. The van der Waals surface area contributed by atoms with Crippen molar-refractivity contribution < 1.29 is 0 Å². The molecular weight excluding hydrogens is 667 g/mol. The lowest BCUT2D eigenvalue weighted by Gasteiger charge is -2.29. The number of benzene rings is 8. The molecule has 0 bridgehead atoms. The van der Waals surface area contributed by atoms with Gasteiger partial charge in [-0.15, -0.1) is 0 Å². The van der Waals surface area contributed by atoms with Gasteiger partial charge in [-0.1, -0.05) is 133 Å². The zero-order valence-corrected chi connectivity index (χ0v) is 30.3. The van der Waals surface area contributed by atoms with E-state index in [2.05, 4.69) is 220 Å². The Bertz CT molecular complexity index is 3090. The lowest BCUT2D eigenvalue weighted by molar-refractivity contribution is 0.643. The maximum atomic E-state index is 2.55. The molecule has 0 saturated heterocycles. The molecule has 0 fully saturated rings. The average molecular weight is 704 g/mol. The van der Waals surface area contributed by atoms with Crippen LogP contribution in [0.25, 0.3) is 71.2 Å². The first-order valence-electron chi connectivity index (χ1n) is 19.1. The van der Waals surface area contributed by atoms with Gasteiger partial charge in [-0.2, -0.15) is 0 Å². The van der Waals surface area contributed by atoms with Crippen LogP contribution in [0.5, 0.6) is 0 Å². The van der Waals surface area contributed by atoms with Gasteiger partial charge >= 0.3 is 0 Å². The van der Waals surface area contributed by atoms with Gasteiger partial charge in [-0.05, 0) is 101 Å². The van der Waals surface area contributed by atoms with Gasteiger partial charge < -0.3 is 14.0 Å².